The van der Waals surface area contributed by atoms with Gasteiger partial charge in [-0.15, -0.1) is 0 Å². The third kappa shape index (κ3) is 2.81. The Kier molecular flexibility index (Phi) is 4.24. The molecule has 0 aliphatic carbocycles. The van der Waals surface area contributed by atoms with Crippen LogP contribution < -0.4 is 4.90 Å². The molecule has 0 saturated carbocycles. The molecule has 2 heterocycles. The Morgan fingerprint density at radius 1 is 1.48 bits per heavy atom. The topological polar surface area (TPSA) is 34.6 Å². The third-order valence-electron chi connectivity index (χ3n) is 3.61. The minimum atomic E-state index is -0.340. The predicted molar refractivity (Wildman–Crippen MR) is 80.5 cm³/mol. The van der Waals surface area contributed by atoms with Gasteiger partial charge in [0.05, 0.1) is 30.0 Å². The number of morpholine rings is 1. The number of methoxy groups -OCH3 is 1. The zero-order valence-corrected chi connectivity index (χ0v) is 12.4. The molecule has 1 aliphatic heterocycles. The zero-order chi connectivity index (χ0) is 14.8. The molecule has 1 aromatic heterocycles. The van der Waals surface area contributed by atoms with E-state index in [1.54, 1.807) is 19.2 Å². The van der Waals surface area contributed by atoms with E-state index in [1.807, 2.05) is 11.0 Å². The van der Waals surface area contributed by atoms with Crippen molar-refractivity contribution >= 4 is 28.2 Å². The molecule has 21 heavy (non-hydrogen) atoms. The van der Waals surface area contributed by atoms with Crippen LogP contribution in [0.1, 0.15) is 0 Å². The van der Waals surface area contributed by atoms with Crippen molar-refractivity contribution in [3.8, 4) is 0 Å². The highest BCUT2D eigenvalue weighted by Crippen LogP contribution is 2.30. The molecule has 0 radical (unpaired) electrons. The first-order valence-corrected chi connectivity index (χ1v) is 7.16. The summed E-state index contributed by atoms with van der Waals surface area (Å²) < 4.78 is 25.4. The van der Waals surface area contributed by atoms with Gasteiger partial charge in [0, 0.05) is 31.8 Å². The molecule has 1 aliphatic rings. The number of rotatable bonds is 3. The highest BCUT2D eigenvalue weighted by molar-refractivity contribution is 6.35. The fourth-order valence-electron chi connectivity index (χ4n) is 2.61. The minimum absolute atomic E-state index is 0.0498. The summed E-state index contributed by atoms with van der Waals surface area (Å²) in [6.45, 7) is 2.28. The quantitative estimate of drug-likeness (QED) is 0.873. The van der Waals surface area contributed by atoms with E-state index in [2.05, 4.69) is 4.98 Å². The smallest absolute Gasteiger partial charge is 0.172 e. The van der Waals surface area contributed by atoms with Crippen molar-refractivity contribution < 1.29 is 13.9 Å². The summed E-state index contributed by atoms with van der Waals surface area (Å²) in [5, 5.41) is 1.13. The van der Waals surface area contributed by atoms with Crippen LogP contribution in [0.2, 0.25) is 5.02 Å². The Labute approximate surface area is 127 Å². The summed E-state index contributed by atoms with van der Waals surface area (Å²) >= 11 is 6.07. The maximum atomic E-state index is 14.7. The minimum Gasteiger partial charge on any atom is -0.382 e. The van der Waals surface area contributed by atoms with Crippen molar-refractivity contribution in [1.29, 1.82) is 0 Å². The molecule has 112 valence electrons. The second-order valence-corrected chi connectivity index (χ2v) is 5.39. The summed E-state index contributed by atoms with van der Waals surface area (Å²) in [5.74, 6) is -0.340. The summed E-state index contributed by atoms with van der Waals surface area (Å²) in [6.07, 6.45) is 1.47. The van der Waals surface area contributed by atoms with Crippen molar-refractivity contribution in [2.24, 2.45) is 0 Å². The lowest BCUT2D eigenvalue weighted by atomic mass is 10.1. The molecule has 0 spiro atoms. The molecular formula is C15H16ClFN2O2. The first-order chi connectivity index (χ1) is 10.2. The monoisotopic (exact) mass is 310 g/mol. The average Bonchev–Trinajstić information content (AvgIpc) is 2.49. The number of halogens is 2. The summed E-state index contributed by atoms with van der Waals surface area (Å²) in [7, 11) is 1.63. The molecule has 1 fully saturated rings. The number of pyridine rings is 1. The van der Waals surface area contributed by atoms with Gasteiger partial charge in [0.1, 0.15) is 5.52 Å². The lowest BCUT2D eigenvalue weighted by Crippen LogP contribution is -2.44. The van der Waals surface area contributed by atoms with E-state index >= 15 is 0 Å². The number of aromatic nitrogens is 1. The van der Waals surface area contributed by atoms with Crippen LogP contribution in [0.5, 0.6) is 0 Å². The van der Waals surface area contributed by atoms with Gasteiger partial charge in [-0.1, -0.05) is 11.6 Å². The summed E-state index contributed by atoms with van der Waals surface area (Å²) in [6, 6.07) is 5.22. The van der Waals surface area contributed by atoms with E-state index in [0.29, 0.717) is 47.9 Å². The maximum absolute atomic E-state index is 14.7. The Balaban J connectivity index is 1.95. The van der Waals surface area contributed by atoms with Gasteiger partial charge in [0.15, 0.2) is 5.82 Å². The molecule has 2 aromatic rings. The number of hydrogen-bond donors (Lipinski definition) is 0. The van der Waals surface area contributed by atoms with Gasteiger partial charge in [-0.05, 0) is 18.2 Å². The normalized spacial score (nSPS) is 19.2. The highest BCUT2D eigenvalue weighted by atomic mass is 35.5. The number of nitrogens with zero attached hydrogens (tertiary/aromatic N) is 2. The molecule has 0 bridgehead atoms. The molecule has 1 aromatic carbocycles. The van der Waals surface area contributed by atoms with Crippen LogP contribution in [0, 0.1) is 5.82 Å². The highest BCUT2D eigenvalue weighted by Gasteiger charge is 2.23. The van der Waals surface area contributed by atoms with Gasteiger partial charge in [0.25, 0.3) is 0 Å². The molecule has 1 atom stereocenters. The van der Waals surface area contributed by atoms with Gasteiger partial charge in [-0.25, -0.2) is 4.39 Å². The Hall–Kier alpha value is -1.43. The standard InChI is InChI=1S/C15H16ClFN2O2/c1-20-9-10-8-19(6-7-21-10)13-3-2-11-12(16)4-5-18-15(11)14(13)17/h2-5,10H,6-9H2,1H3/t10-/m0/s1. The van der Waals surface area contributed by atoms with E-state index < -0.39 is 0 Å². The van der Waals surface area contributed by atoms with Crippen LogP contribution in [0.25, 0.3) is 10.9 Å². The number of ether oxygens (including phenoxy) is 2. The Morgan fingerprint density at radius 3 is 3.14 bits per heavy atom. The van der Waals surface area contributed by atoms with Crippen molar-refractivity contribution in [2.75, 3.05) is 38.3 Å². The fraction of sp³-hybridized carbons (Fsp3) is 0.400. The largest absolute Gasteiger partial charge is 0.382 e. The first-order valence-electron chi connectivity index (χ1n) is 6.79. The van der Waals surface area contributed by atoms with Crippen molar-refractivity contribution in [3.05, 3.63) is 35.2 Å². The predicted octanol–water partition coefficient (Wildman–Crippen LogP) is 2.88. The lowest BCUT2D eigenvalue weighted by molar-refractivity contribution is -0.0101. The summed E-state index contributed by atoms with van der Waals surface area (Å²) in [4.78, 5) is 6.07. The van der Waals surface area contributed by atoms with Gasteiger partial charge in [-0.2, -0.15) is 0 Å². The maximum Gasteiger partial charge on any atom is 0.172 e. The van der Waals surface area contributed by atoms with E-state index in [1.165, 1.54) is 6.20 Å². The molecule has 0 N–H and O–H groups in total. The van der Waals surface area contributed by atoms with Gasteiger partial charge >= 0.3 is 0 Å². The van der Waals surface area contributed by atoms with Gasteiger partial charge in [-0.3, -0.25) is 4.98 Å². The van der Waals surface area contributed by atoms with E-state index in [0.717, 1.165) is 0 Å². The van der Waals surface area contributed by atoms with Gasteiger partial charge < -0.3 is 14.4 Å². The average molecular weight is 311 g/mol. The van der Waals surface area contributed by atoms with Crippen molar-refractivity contribution in [2.45, 2.75) is 6.10 Å². The fourth-order valence-corrected chi connectivity index (χ4v) is 2.82. The van der Waals surface area contributed by atoms with Crippen LogP contribution in [-0.2, 0) is 9.47 Å². The number of fused-ring (bicyclic) bond motifs is 1. The SMILES string of the molecule is COC[C@@H]1CN(c2ccc3c(Cl)ccnc3c2F)CCO1. The molecule has 3 rings (SSSR count). The Bertz CT molecular complexity index is 651. The molecule has 1 saturated heterocycles. The molecule has 0 amide bonds. The zero-order valence-electron chi connectivity index (χ0n) is 11.7. The first kappa shape index (κ1) is 14.5. The molecule has 0 unspecified atom stereocenters. The van der Waals surface area contributed by atoms with Crippen LogP contribution in [0.3, 0.4) is 0 Å². The van der Waals surface area contributed by atoms with E-state index in [9.17, 15) is 4.39 Å². The van der Waals surface area contributed by atoms with E-state index in [4.69, 9.17) is 21.1 Å². The van der Waals surface area contributed by atoms with E-state index in [-0.39, 0.29) is 11.9 Å². The Morgan fingerprint density at radius 2 is 2.33 bits per heavy atom. The van der Waals surface area contributed by atoms with Crippen LogP contribution in [-0.4, -0.2) is 44.5 Å². The summed E-state index contributed by atoms with van der Waals surface area (Å²) in [5.41, 5.74) is 0.830. The molecular weight excluding hydrogens is 295 g/mol. The second kappa shape index (κ2) is 6.13. The number of benzene rings is 1. The third-order valence-corrected chi connectivity index (χ3v) is 3.94. The molecule has 4 nitrogen and oxygen atoms in total. The number of hydrogen-bond acceptors (Lipinski definition) is 4. The van der Waals surface area contributed by atoms with Crippen LogP contribution in [0.4, 0.5) is 10.1 Å². The number of anilines is 1. The van der Waals surface area contributed by atoms with Crippen LogP contribution in [0.15, 0.2) is 24.4 Å². The van der Waals surface area contributed by atoms with Crippen molar-refractivity contribution in [3.63, 3.8) is 0 Å². The second-order valence-electron chi connectivity index (χ2n) is 4.98. The molecule has 6 heteroatoms. The lowest BCUT2D eigenvalue weighted by Gasteiger charge is -2.34. The van der Waals surface area contributed by atoms with Crippen molar-refractivity contribution in [1.82, 2.24) is 4.98 Å². The van der Waals surface area contributed by atoms with Crippen LogP contribution >= 0.6 is 11.6 Å². The van der Waals surface area contributed by atoms with Gasteiger partial charge in [0.2, 0.25) is 0 Å².